The number of carbonyl (C=O) groups excluding carboxylic acids is 1. The molecule has 3 N–H and O–H groups in total. The van der Waals surface area contributed by atoms with Crippen molar-refractivity contribution in [3.8, 4) is 0 Å². The van der Waals surface area contributed by atoms with Crippen molar-refractivity contribution in [2.24, 2.45) is 0 Å². The van der Waals surface area contributed by atoms with E-state index < -0.39 is 5.97 Å². The minimum Gasteiger partial charge on any atom is -0.481 e. The van der Waals surface area contributed by atoms with Crippen molar-refractivity contribution in [3.63, 3.8) is 0 Å². The van der Waals surface area contributed by atoms with Crippen molar-refractivity contribution in [2.45, 2.75) is 33.1 Å². The Balaban J connectivity index is 2.50. The molecule has 5 heteroatoms. The van der Waals surface area contributed by atoms with Crippen molar-refractivity contribution < 1.29 is 14.7 Å². The molecule has 0 saturated heterocycles. The van der Waals surface area contributed by atoms with E-state index in [-0.39, 0.29) is 12.5 Å². The third kappa shape index (κ3) is 4.99. The third-order valence-electron chi connectivity index (χ3n) is 2.83. The van der Waals surface area contributed by atoms with Gasteiger partial charge in [-0.3, -0.25) is 4.79 Å². The van der Waals surface area contributed by atoms with Gasteiger partial charge < -0.3 is 15.7 Å². The van der Waals surface area contributed by atoms with Crippen LogP contribution in [0, 0.1) is 6.92 Å². The summed E-state index contributed by atoms with van der Waals surface area (Å²) in [6, 6.07) is 5.59. The van der Waals surface area contributed by atoms with E-state index in [4.69, 9.17) is 5.11 Å². The molecule has 1 aromatic rings. The lowest BCUT2D eigenvalue weighted by Gasteiger charge is -2.13. The van der Waals surface area contributed by atoms with Crippen LogP contribution in [-0.4, -0.2) is 23.7 Å². The molecular weight excluding hydrogens is 244 g/mol. The molecule has 0 atom stereocenters. The number of benzene rings is 1. The Morgan fingerprint density at radius 2 is 2.05 bits per heavy atom. The molecule has 0 bridgehead atoms. The van der Waals surface area contributed by atoms with Gasteiger partial charge in [-0.25, -0.2) is 4.79 Å². The highest BCUT2D eigenvalue weighted by atomic mass is 16.4. The first-order chi connectivity index (χ1) is 9.04. The van der Waals surface area contributed by atoms with Gasteiger partial charge in [-0.15, -0.1) is 0 Å². The fourth-order valence-corrected chi connectivity index (χ4v) is 1.80. The zero-order chi connectivity index (χ0) is 14.3. The maximum Gasteiger partial charge on any atom is 0.319 e. The van der Waals surface area contributed by atoms with Crippen LogP contribution in [0.4, 0.5) is 10.5 Å². The quantitative estimate of drug-likeness (QED) is 0.691. The van der Waals surface area contributed by atoms with Crippen LogP contribution >= 0.6 is 0 Å². The van der Waals surface area contributed by atoms with Crippen LogP contribution in [0.3, 0.4) is 0 Å². The van der Waals surface area contributed by atoms with Crippen LogP contribution in [0.1, 0.15) is 30.9 Å². The Hall–Kier alpha value is -2.04. The maximum absolute atomic E-state index is 11.7. The number of para-hydroxylation sites is 1. The Morgan fingerprint density at radius 1 is 1.32 bits per heavy atom. The van der Waals surface area contributed by atoms with Crippen molar-refractivity contribution in [2.75, 3.05) is 11.9 Å². The number of aryl methyl sites for hydroxylation is 2. The number of amides is 2. The predicted octanol–water partition coefficient (Wildman–Crippen LogP) is 2.54. The first kappa shape index (κ1) is 15.0. The highest BCUT2D eigenvalue weighted by molar-refractivity contribution is 5.91. The Labute approximate surface area is 113 Å². The maximum atomic E-state index is 11.7. The van der Waals surface area contributed by atoms with Gasteiger partial charge >= 0.3 is 12.0 Å². The number of carbonyl (C=O) groups is 2. The van der Waals surface area contributed by atoms with Crippen LogP contribution in [0.25, 0.3) is 0 Å². The van der Waals surface area contributed by atoms with E-state index in [1.807, 2.05) is 32.0 Å². The summed E-state index contributed by atoms with van der Waals surface area (Å²) in [7, 11) is 0. The van der Waals surface area contributed by atoms with Gasteiger partial charge in [-0.1, -0.05) is 25.1 Å². The molecule has 0 aliphatic carbocycles. The van der Waals surface area contributed by atoms with Crippen molar-refractivity contribution in [3.05, 3.63) is 29.3 Å². The molecule has 104 valence electrons. The topological polar surface area (TPSA) is 78.4 Å². The lowest BCUT2D eigenvalue weighted by atomic mass is 10.1. The zero-order valence-corrected chi connectivity index (χ0v) is 11.3. The van der Waals surface area contributed by atoms with Crippen LogP contribution in [0.15, 0.2) is 18.2 Å². The van der Waals surface area contributed by atoms with E-state index in [1.165, 1.54) is 0 Å². The minimum atomic E-state index is -0.852. The van der Waals surface area contributed by atoms with Crippen LogP contribution in [-0.2, 0) is 11.2 Å². The summed E-state index contributed by atoms with van der Waals surface area (Å²) in [4.78, 5) is 22.0. The number of urea groups is 1. The van der Waals surface area contributed by atoms with Gasteiger partial charge in [0.25, 0.3) is 0 Å². The first-order valence-corrected chi connectivity index (χ1v) is 6.39. The molecule has 0 saturated carbocycles. The van der Waals surface area contributed by atoms with E-state index in [2.05, 4.69) is 10.6 Å². The van der Waals surface area contributed by atoms with Gasteiger partial charge in [0.05, 0.1) is 0 Å². The number of carboxylic acid groups (broad SMARTS) is 1. The molecule has 0 aromatic heterocycles. The Morgan fingerprint density at radius 3 is 2.68 bits per heavy atom. The average molecular weight is 264 g/mol. The van der Waals surface area contributed by atoms with Gasteiger partial charge in [-0.2, -0.15) is 0 Å². The molecule has 2 amide bonds. The zero-order valence-electron chi connectivity index (χ0n) is 11.3. The molecule has 1 rings (SSSR count). The molecule has 1 aromatic carbocycles. The van der Waals surface area contributed by atoms with E-state index in [9.17, 15) is 9.59 Å². The summed E-state index contributed by atoms with van der Waals surface area (Å²) >= 11 is 0. The summed E-state index contributed by atoms with van der Waals surface area (Å²) in [5.74, 6) is -0.852. The number of nitrogens with one attached hydrogen (secondary N) is 2. The smallest absolute Gasteiger partial charge is 0.319 e. The van der Waals surface area contributed by atoms with E-state index in [0.717, 1.165) is 23.2 Å². The summed E-state index contributed by atoms with van der Waals surface area (Å²) in [5.41, 5.74) is 2.93. The summed E-state index contributed by atoms with van der Waals surface area (Å²) in [5, 5.41) is 14.0. The van der Waals surface area contributed by atoms with Gasteiger partial charge in [0.2, 0.25) is 0 Å². The lowest BCUT2D eigenvalue weighted by Crippen LogP contribution is -2.30. The van der Waals surface area contributed by atoms with Crippen LogP contribution in [0.2, 0.25) is 0 Å². The largest absolute Gasteiger partial charge is 0.481 e. The van der Waals surface area contributed by atoms with Crippen molar-refractivity contribution in [1.29, 1.82) is 0 Å². The summed E-state index contributed by atoms with van der Waals surface area (Å²) < 4.78 is 0. The SMILES string of the molecule is CCc1cccc(C)c1NC(=O)NCCCC(=O)O. The van der Waals surface area contributed by atoms with Gasteiger partial charge in [0, 0.05) is 18.7 Å². The molecule has 0 heterocycles. The minimum absolute atomic E-state index is 0.0604. The fourth-order valence-electron chi connectivity index (χ4n) is 1.80. The summed E-state index contributed by atoms with van der Waals surface area (Å²) in [6.45, 7) is 4.33. The Kier molecular flexibility index (Phi) is 5.85. The average Bonchev–Trinajstić information content (AvgIpc) is 2.37. The third-order valence-corrected chi connectivity index (χ3v) is 2.83. The molecule has 19 heavy (non-hydrogen) atoms. The molecule has 0 radical (unpaired) electrons. The number of hydrogen-bond donors (Lipinski definition) is 3. The first-order valence-electron chi connectivity index (χ1n) is 6.39. The van der Waals surface area contributed by atoms with Crippen molar-refractivity contribution in [1.82, 2.24) is 5.32 Å². The molecule has 0 unspecified atom stereocenters. The van der Waals surface area contributed by atoms with Crippen molar-refractivity contribution >= 4 is 17.7 Å². The van der Waals surface area contributed by atoms with Crippen LogP contribution in [0.5, 0.6) is 0 Å². The molecular formula is C14H20N2O3. The van der Waals surface area contributed by atoms with E-state index in [1.54, 1.807) is 0 Å². The van der Waals surface area contributed by atoms with E-state index >= 15 is 0 Å². The molecule has 5 nitrogen and oxygen atoms in total. The Bertz CT molecular complexity index is 458. The molecule has 0 aliphatic heterocycles. The number of aliphatic carboxylic acids is 1. The van der Waals surface area contributed by atoms with Gasteiger partial charge in [0.1, 0.15) is 0 Å². The highest BCUT2D eigenvalue weighted by Crippen LogP contribution is 2.20. The van der Waals surface area contributed by atoms with E-state index in [0.29, 0.717) is 13.0 Å². The standard InChI is InChI=1S/C14H20N2O3/c1-3-11-7-4-6-10(2)13(11)16-14(19)15-9-5-8-12(17)18/h4,6-7H,3,5,8-9H2,1-2H3,(H,17,18)(H2,15,16,19). The summed E-state index contributed by atoms with van der Waals surface area (Å²) in [6.07, 6.45) is 1.33. The van der Waals surface area contributed by atoms with Crippen LogP contribution < -0.4 is 10.6 Å². The number of carboxylic acids is 1. The monoisotopic (exact) mass is 264 g/mol. The fraction of sp³-hybridized carbons (Fsp3) is 0.429. The van der Waals surface area contributed by atoms with Gasteiger partial charge in [-0.05, 0) is 30.9 Å². The lowest BCUT2D eigenvalue weighted by molar-refractivity contribution is -0.137. The second kappa shape index (κ2) is 7.41. The molecule has 0 spiro atoms. The highest BCUT2D eigenvalue weighted by Gasteiger charge is 2.08. The number of hydrogen-bond acceptors (Lipinski definition) is 2. The molecule has 0 fully saturated rings. The second-order valence-corrected chi connectivity index (χ2v) is 4.34. The number of rotatable bonds is 6. The predicted molar refractivity (Wildman–Crippen MR) is 74.4 cm³/mol. The normalized spacial score (nSPS) is 10.0. The molecule has 0 aliphatic rings. The number of anilines is 1. The van der Waals surface area contributed by atoms with Gasteiger partial charge in [0.15, 0.2) is 0 Å². The second-order valence-electron chi connectivity index (χ2n) is 4.34.